The number of nitrogens with one attached hydrogen (secondary N) is 1. The summed E-state index contributed by atoms with van der Waals surface area (Å²) in [6.07, 6.45) is 0.727. The van der Waals surface area contributed by atoms with Gasteiger partial charge in [0.2, 0.25) is 5.91 Å². The number of phenolic OH excluding ortho intramolecular Hbond substituents is 1. The lowest BCUT2D eigenvalue weighted by Crippen LogP contribution is -2.26. The Morgan fingerprint density at radius 3 is 2.81 bits per heavy atom. The number of aryl methyl sites for hydroxylation is 1. The van der Waals surface area contributed by atoms with Crippen LogP contribution in [-0.4, -0.2) is 40.7 Å². The molecule has 1 aromatic heterocycles. The molecule has 7 nitrogen and oxygen atoms in total. The standard InChI is InChI=1S/C17H18ClN3O4S/c1-9-16-12(10-2-3-14(22)13(18)6-10)7-15(23)19-17(16)21(20-9)11-4-5-26(24,25)8-11/h2-3,6,11-12,22H,4-5,7-8H2,1H3,(H,19,23)/t11-,12-/m1/s1. The zero-order valence-electron chi connectivity index (χ0n) is 14.1. The normalized spacial score (nSPS) is 24.3. The molecule has 0 saturated carbocycles. The second kappa shape index (κ2) is 5.99. The van der Waals surface area contributed by atoms with Crippen molar-refractivity contribution in [3.63, 3.8) is 0 Å². The number of benzene rings is 1. The van der Waals surface area contributed by atoms with Crippen LogP contribution < -0.4 is 5.32 Å². The number of aromatic nitrogens is 2. The van der Waals surface area contributed by atoms with Gasteiger partial charge in [0, 0.05) is 17.9 Å². The predicted molar refractivity (Wildman–Crippen MR) is 97.5 cm³/mol. The molecule has 1 fully saturated rings. The highest BCUT2D eigenvalue weighted by molar-refractivity contribution is 7.91. The topological polar surface area (TPSA) is 101 Å². The highest BCUT2D eigenvalue weighted by atomic mass is 35.5. The Hall–Kier alpha value is -2.06. The number of carbonyl (C=O) groups excluding carboxylic acids is 1. The number of carbonyl (C=O) groups is 1. The first-order chi connectivity index (χ1) is 12.2. The SMILES string of the molecule is Cc1nn([C@@H]2CCS(=O)(=O)C2)c2c1[C@@H](c1ccc(O)c(Cl)c1)CC(=O)N2. The molecule has 1 aromatic carbocycles. The number of hydrogen-bond donors (Lipinski definition) is 2. The summed E-state index contributed by atoms with van der Waals surface area (Å²) in [7, 11) is -3.07. The monoisotopic (exact) mass is 395 g/mol. The Labute approximate surface area is 155 Å². The molecule has 1 saturated heterocycles. The third-order valence-corrected chi connectivity index (χ3v) is 7.11. The molecule has 0 radical (unpaired) electrons. The highest BCUT2D eigenvalue weighted by Crippen LogP contribution is 2.42. The minimum absolute atomic E-state index is 0.0144. The summed E-state index contributed by atoms with van der Waals surface area (Å²) in [5.74, 6) is 0.314. The zero-order chi connectivity index (χ0) is 18.6. The second-order valence-corrected chi connectivity index (χ2v) is 9.50. The molecule has 2 aliphatic heterocycles. The van der Waals surface area contributed by atoms with Gasteiger partial charge in [0.05, 0.1) is 28.3 Å². The van der Waals surface area contributed by atoms with Gasteiger partial charge in [-0.3, -0.25) is 4.79 Å². The second-order valence-electron chi connectivity index (χ2n) is 6.86. The number of phenols is 1. The first kappa shape index (κ1) is 17.4. The van der Waals surface area contributed by atoms with Crippen molar-refractivity contribution in [3.8, 4) is 5.75 Å². The van der Waals surface area contributed by atoms with Crippen LogP contribution in [0.5, 0.6) is 5.75 Å². The number of anilines is 1. The highest BCUT2D eigenvalue weighted by Gasteiger charge is 2.37. The quantitative estimate of drug-likeness (QED) is 0.812. The number of amides is 1. The largest absolute Gasteiger partial charge is 0.506 e. The molecule has 0 unspecified atom stereocenters. The predicted octanol–water partition coefficient (Wildman–Crippen LogP) is 2.38. The van der Waals surface area contributed by atoms with Gasteiger partial charge in [-0.25, -0.2) is 13.1 Å². The van der Waals surface area contributed by atoms with Crippen molar-refractivity contribution < 1.29 is 18.3 Å². The average molecular weight is 396 g/mol. The van der Waals surface area contributed by atoms with Crippen LogP contribution in [0.15, 0.2) is 18.2 Å². The van der Waals surface area contributed by atoms with E-state index >= 15 is 0 Å². The summed E-state index contributed by atoms with van der Waals surface area (Å²) in [5.41, 5.74) is 2.43. The van der Waals surface area contributed by atoms with Gasteiger partial charge in [-0.05, 0) is 31.0 Å². The van der Waals surface area contributed by atoms with Gasteiger partial charge < -0.3 is 10.4 Å². The van der Waals surface area contributed by atoms with Gasteiger partial charge in [0.1, 0.15) is 11.6 Å². The molecule has 0 aliphatic carbocycles. The van der Waals surface area contributed by atoms with Crippen LogP contribution in [0.1, 0.15) is 41.6 Å². The summed E-state index contributed by atoms with van der Waals surface area (Å²) in [5, 5.41) is 17.3. The molecular weight excluding hydrogens is 378 g/mol. The van der Waals surface area contributed by atoms with Gasteiger partial charge in [0.15, 0.2) is 9.84 Å². The summed E-state index contributed by atoms with van der Waals surface area (Å²) in [6, 6.07) is 4.63. The lowest BCUT2D eigenvalue weighted by molar-refractivity contribution is -0.116. The van der Waals surface area contributed by atoms with Crippen molar-refractivity contribution >= 4 is 33.2 Å². The van der Waals surface area contributed by atoms with Crippen molar-refractivity contribution in [2.75, 3.05) is 16.8 Å². The van der Waals surface area contributed by atoms with E-state index in [9.17, 15) is 18.3 Å². The van der Waals surface area contributed by atoms with Gasteiger partial charge in [-0.2, -0.15) is 5.10 Å². The number of sulfone groups is 1. The van der Waals surface area contributed by atoms with Crippen molar-refractivity contribution in [2.45, 2.75) is 31.7 Å². The van der Waals surface area contributed by atoms with Crippen LogP contribution in [0.3, 0.4) is 0 Å². The molecule has 1 amide bonds. The van der Waals surface area contributed by atoms with Crippen LogP contribution in [0.25, 0.3) is 0 Å². The first-order valence-electron chi connectivity index (χ1n) is 8.33. The minimum Gasteiger partial charge on any atom is -0.506 e. The zero-order valence-corrected chi connectivity index (χ0v) is 15.6. The third kappa shape index (κ3) is 2.87. The summed E-state index contributed by atoms with van der Waals surface area (Å²) in [4.78, 5) is 12.3. The Morgan fingerprint density at radius 2 is 2.15 bits per heavy atom. The molecule has 0 bridgehead atoms. The van der Waals surface area contributed by atoms with Crippen LogP contribution in [0.4, 0.5) is 5.82 Å². The van der Waals surface area contributed by atoms with E-state index in [1.807, 2.05) is 6.92 Å². The van der Waals surface area contributed by atoms with Crippen molar-refractivity contribution in [1.29, 1.82) is 0 Å². The van der Waals surface area contributed by atoms with E-state index < -0.39 is 9.84 Å². The lowest BCUT2D eigenvalue weighted by Gasteiger charge is -2.25. The molecule has 0 spiro atoms. The van der Waals surface area contributed by atoms with Crippen molar-refractivity contribution in [3.05, 3.63) is 40.0 Å². The number of nitrogens with zero attached hydrogens (tertiary/aromatic N) is 2. The Balaban J connectivity index is 1.81. The molecule has 138 valence electrons. The van der Waals surface area contributed by atoms with E-state index in [0.717, 1.165) is 16.8 Å². The van der Waals surface area contributed by atoms with Crippen LogP contribution in [0.2, 0.25) is 5.02 Å². The molecule has 2 aliphatic rings. The van der Waals surface area contributed by atoms with E-state index in [1.54, 1.807) is 16.8 Å². The lowest BCUT2D eigenvalue weighted by atomic mass is 9.86. The van der Waals surface area contributed by atoms with Gasteiger partial charge >= 0.3 is 0 Å². The fraction of sp³-hybridized carbons (Fsp3) is 0.412. The minimum atomic E-state index is -3.07. The van der Waals surface area contributed by atoms with Crippen molar-refractivity contribution in [2.24, 2.45) is 0 Å². The number of halogens is 1. The van der Waals surface area contributed by atoms with Gasteiger partial charge in [0.25, 0.3) is 0 Å². The van der Waals surface area contributed by atoms with Crippen molar-refractivity contribution in [1.82, 2.24) is 9.78 Å². The van der Waals surface area contributed by atoms with Gasteiger partial charge in [-0.1, -0.05) is 17.7 Å². The number of fused-ring (bicyclic) bond motifs is 1. The number of hydrogen-bond acceptors (Lipinski definition) is 5. The maximum absolute atomic E-state index is 12.3. The van der Waals surface area contributed by atoms with E-state index in [4.69, 9.17) is 11.6 Å². The molecule has 2 atom stereocenters. The van der Waals surface area contributed by atoms with Gasteiger partial charge in [-0.15, -0.1) is 0 Å². The fourth-order valence-corrected chi connectivity index (χ4v) is 5.71. The molecule has 9 heteroatoms. The Kier molecular flexibility index (Phi) is 4.00. The third-order valence-electron chi connectivity index (χ3n) is 5.06. The molecular formula is C17H18ClN3O4S. The number of rotatable bonds is 2. The van der Waals surface area contributed by atoms with Crippen LogP contribution in [-0.2, 0) is 14.6 Å². The van der Waals surface area contributed by atoms with E-state index in [-0.39, 0.29) is 46.6 Å². The molecule has 26 heavy (non-hydrogen) atoms. The van der Waals surface area contributed by atoms with E-state index in [2.05, 4.69) is 10.4 Å². The summed E-state index contributed by atoms with van der Waals surface area (Å²) < 4.78 is 25.3. The Bertz CT molecular complexity index is 1020. The molecule has 3 heterocycles. The average Bonchev–Trinajstić information content (AvgIpc) is 3.09. The van der Waals surface area contributed by atoms with Crippen LogP contribution >= 0.6 is 11.6 Å². The fourth-order valence-electron chi connectivity index (χ4n) is 3.83. The van der Waals surface area contributed by atoms with E-state index in [0.29, 0.717) is 12.2 Å². The first-order valence-corrected chi connectivity index (χ1v) is 10.5. The maximum atomic E-state index is 12.3. The van der Waals surface area contributed by atoms with E-state index in [1.165, 1.54) is 6.07 Å². The summed E-state index contributed by atoms with van der Waals surface area (Å²) in [6.45, 7) is 1.85. The molecule has 2 N–H and O–H groups in total. The number of aromatic hydroxyl groups is 1. The Morgan fingerprint density at radius 1 is 1.38 bits per heavy atom. The molecule has 4 rings (SSSR count). The summed E-state index contributed by atoms with van der Waals surface area (Å²) >= 11 is 6.04. The molecule has 2 aromatic rings. The maximum Gasteiger partial charge on any atom is 0.226 e. The smallest absolute Gasteiger partial charge is 0.226 e. The van der Waals surface area contributed by atoms with Crippen LogP contribution in [0, 0.1) is 6.92 Å².